The Morgan fingerprint density at radius 2 is 1.89 bits per heavy atom. The summed E-state index contributed by atoms with van der Waals surface area (Å²) in [6.07, 6.45) is 2.79. The molecule has 0 heterocycles. The number of methoxy groups -OCH3 is 1. The van der Waals surface area contributed by atoms with Crippen molar-refractivity contribution < 1.29 is 29.0 Å². The maximum Gasteiger partial charge on any atom is 0.333 e. The van der Waals surface area contributed by atoms with Gasteiger partial charge in [-0.15, -0.1) is 0 Å². The lowest BCUT2D eigenvalue weighted by atomic mass is 9.98. The van der Waals surface area contributed by atoms with Crippen LogP contribution in [-0.4, -0.2) is 36.7 Å². The molecule has 1 atom stereocenters. The molecule has 0 amide bonds. The first-order chi connectivity index (χ1) is 8.97. The van der Waals surface area contributed by atoms with E-state index < -0.39 is 23.8 Å². The number of ether oxygens (including phenoxy) is 2. The lowest BCUT2D eigenvalue weighted by Crippen LogP contribution is -2.27. The quantitative estimate of drug-likeness (QED) is 0.409. The third-order valence-electron chi connectivity index (χ3n) is 2.42. The van der Waals surface area contributed by atoms with E-state index in [1.54, 1.807) is 13.0 Å². The van der Waals surface area contributed by atoms with Crippen LogP contribution in [0.2, 0.25) is 0 Å². The first-order valence-corrected chi connectivity index (χ1v) is 6.14. The predicted octanol–water partition coefficient (Wildman–Crippen LogP) is 1.54. The number of hydrogen-bond acceptors (Lipinski definition) is 5. The Balaban J connectivity index is 4.99. The molecule has 19 heavy (non-hydrogen) atoms. The van der Waals surface area contributed by atoms with Crippen molar-refractivity contribution in [2.75, 3.05) is 13.7 Å². The molecule has 0 saturated carbocycles. The summed E-state index contributed by atoms with van der Waals surface area (Å²) in [7, 11) is 1.21. The monoisotopic (exact) mass is 272 g/mol. The van der Waals surface area contributed by atoms with E-state index in [1.807, 2.05) is 6.92 Å². The third-order valence-corrected chi connectivity index (χ3v) is 2.42. The molecule has 0 bridgehead atoms. The molecule has 0 fully saturated rings. The molecule has 0 saturated heterocycles. The van der Waals surface area contributed by atoms with Crippen LogP contribution < -0.4 is 0 Å². The van der Waals surface area contributed by atoms with Crippen molar-refractivity contribution in [3.05, 3.63) is 11.6 Å². The van der Waals surface area contributed by atoms with Crippen molar-refractivity contribution in [3.63, 3.8) is 0 Å². The molecule has 1 N–H and O–H groups in total. The maximum atomic E-state index is 11.5. The van der Waals surface area contributed by atoms with E-state index >= 15 is 0 Å². The number of carboxylic acids is 1. The summed E-state index contributed by atoms with van der Waals surface area (Å²) in [5.74, 6) is -4.17. The summed E-state index contributed by atoms with van der Waals surface area (Å²) < 4.78 is 9.26. The Morgan fingerprint density at radius 3 is 2.32 bits per heavy atom. The van der Waals surface area contributed by atoms with Crippen LogP contribution in [0.4, 0.5) is 0 Å². The zero-order valence-corrected chi connectivity index (χ0v) is 11.5. The molecular formula is C13H20O6. The van der Waals surface area contributed by atoms with E-state index in [2.05, 4.69) is 9.47 Å². The van der Waals surface area contributed by atoms with Gasteiger partial charge >= 0.3 is 17.9 Å². The lowest BCUT2D eigenvalue weighted by Gasteiger charge is -2.12. The number of carboxylic acid groups (broad SMARTS) is 1. The van der Waals surface area contributed by atoms with Gasteiger partial charge in [-0.2, -0.15) is 0 Å². The van der Waals surface area contributed by atoms with Crippen molar-refractivity contribution >= 4 is 17.9 Å². The van der Waals surface area contributed by atoms with Crippen molar-refractivity contribution in [2.45, 2.75) is 33.1 Å². The van der Waals surface area contributed by atoms with Crippen LogP contribution in [0.1, 0.15) is 33.1 Å². The zero-order valence-electron chi connectivity index (χ0n) is 11.5. The number of carbonyl (C=O) groups excluding carboxylic acids is 2. The highest BCUT2D eigenvalue weighted by Gasteiger charge is 2.30. The summed E-state index contributed by atoms with van der Waals surface area (Å²) in [6, 6.07) is 0. The number of carbonyl (C=O) groups is 3. The molecule has 1 unspecified atom stereocenters. The minimum atomic E-state index is -1.39. The standard InChI is InChI=1S/C13H20O6/c1-4-6-7-9(12(16)18-3)8-10(11(14)15)13(17)19-5-2/h7,10H,4-6,8H2,1-3H3,(H,14,15)/b9-7-. The maximum absolute atomic E-state index is 11.5. The van der Waals surface area contributed by atoms with Gasteiger partial charge in [0.05, 0.1) is 13.7 Å². The van der Waals surface area contributed by atoms with E-state index in [0.29, 0.717) is 6.42 Å². The molecule has 0 aliphatic heterocycles. The topological polar surface area (TPSA) is 89.9 Å². The highest BCUT2D eigenvalue weighted by Crippen LogP contribution is 2.17. The third kappa shape index (κ3) is 6.03. The van der Waals surface area contributed by atoms with E-state index in [1.165, 1.54) is 7.11 Å². The van der Waals surface area contributed by atoms with Gasteiger partial charge in [-0.3, -0.25) is 9.59 Å². The first kappa shape index (κ1) is 17.2. The Morgan fingerprint density at radius 1 is 1.26 bits per heavy atom. The highest BCUT2D eigenvalue weighted by molar-refractivity contribution is 5.97. The summed E-state index contributed by atoms with van der Waals surface area (Å²) in [5.41, 5.74) is 0.185. The van der Waals surface area contributed by atoms with Crippen molar-refractivity contribution in [1.29, 1.82) is 0 Å². The Kier molecular flexibility index (Phi) is 8.24. The normalized spacial score (nSPS) is 12.7. The van der Waals surface area contributed by atoms with Gasteiger partial charge in [0.15, 0.2) is 5.92 Å². The number of aliphatic carboxylic acids is 1. The van der Waals surface area contributed by atoms with Crippen LogP contribution in [0.5, 0.6) is 0 Å². The smallest absolute Gasteiger partial charge is 0.333 e. The van der Waals surface area contributed by atoms with Crippen LogP contribution in [0.25, 0.3) is 0 Å². The fourth-order valence-electron chi connectivity index (χ4n) is 1.43. The average Bonchev–Trinajstić information content (AvgIpc) is 2.37. The molecule has 0 rings (SSSR count). The summed E-state index contributed by atoms with van der Waals surface area (Å²) in [6.45, 7) is 3.60. The molecule has 0 radical (unpaired) electrons. The van der Waals surface area contributed by atoms with E-state index in [0.717, 1.165) is 6.42 Å². The van der Waals surface area contributed by atoms with Gasteiger partial charge in [-0.1, -0.05) is 19.4 Å². The van der Waals surface area contributed by atoms with E-state index in [9.17, 15) is 14.4 Å². The van der Waals surface area contributed by atoms with Gasteiger partial charge in [0, 0.05) is 12.0 Å². The number of unbranched alkanes of at least 4 members (excludes halogenated alkanes) is 1. The second-order valence-electron chi connectivity index (χ2n) is 3.86. The molecule has 108 valence electrons. The Bertz CT molecular complexity index is 358. The van der Waals surface area contributed by atoms with E-state index in [4.69, 9.17) is 5.11 Å². The van der Waals surface area contributed by atoms with Gasteiger partial charge in [0.25, 0.3) is 0 Å². The Labute approximate surface area is 112 Å². The molecular weight excluding hydrogens is 252 g/mol. The lowest BCUT2D eigenvalue weighted by molar-refractivity contribution is -0.158. The molecule has 0 spiro atoms. The fourth-order valence-corrected chi connectivity index (χ4v) is 1.43. The molecule has 0 aromatic carbocycles. The highest BCUT2D eigenvalue weighted by atomic mass is 16.5. The fraction of sp³-hybridized carbons (Fsp3) is 0.615. The number of allylic oxidation sites excluding steroid dienone is 1. The Hall–Kier alpha value is -1.85. The minimum Gasteiger partial charge on any atom is -0.481 e. The summed E-state index contributed by atoms with van der Waals surface area (Å²) >= 11 is 0. The van der Waals surface area contributed by atoms with Crippen LogP contribution in [0, 0.1) is 5.92 Å². The predicted molar refractivity (Wildman–Crippen MR) is 67.4 cm³/mol. The van der Waals surface area contributed by atoms with Crippen LogP contribution in [0.15, 0.2) is 11.6 Å². The van der Waals surface area contributed by atoms with Crippen molar-refractivity contribution in [2.24, 2.45) is 5.92 Å². The van der Waals surface area contributed by atoms with Gasteiger partial charge in [0.2, 0.25) is 0 Å². The van der Waals surface area contributed by atoms with Crippen molar-refractivity contribution in [1.82, 2.24) is 0 Å². The molecule has 0 aliphatic carbocycles. The summed E-state index contributed by atoms with van der Waals surface area (Å²) in [5, 5.41) is 9.02. The number of rotatable bonds is 8. The van der Waals surface area contributed by atoms with Gasteiger partial charge in [-0.05, 0) is 13.3 Å². The zero-order chi connectivity index (χ0) is 14.8. The van der Waals surface area contributed by atoms with Crippen LogP contribution in [-0.2, 0) is 23.9 Å². The van der Waals surface area contributed by atoms with Gasteiger partial charge in [0.1, 0.15) is 0 Å². The second-order valence-corrected chi connectivity index (χ2v) is 3.86. The van der Waals surface area contributed by atoms with Gasteiger partial charge in [-0.25, -0.2) is 4.79 Å². The van der Waals surface area contributed by atoms with Crippen LogP contribution >= 0.6 is 0 Å². The molecule has 6 nitrogen and oxygen atoms in total. The molecule has 0 aromatic rings. The number of esters is 2. The van der Waals surface area contributed by atoms with Crippen LogP contribution in [0.3, 0.4) is 0 Å². The molecule has 6 heteroatoms. The number of hydrogen-bond donors (Lipinski definition) is 1. The molecule has 0 aromatic heterocycles. The van der Waals surface area contributed by atoms with Gasteiger partial charge < -0.3 is 14.6 Å². The van der Waals surface area contributed by atoms with E-state index in [-0.39, 0.29) is 18.6 Å². The molecule has 0 aliphatic rings. The largest absolute Gasteiger partial charge is 0.481 e. The minimum absolute atomic E-state index is 0.0921. The second kappa shape index (κ2) is 9.13. The summed E-state index contributed by atoms with van der Waals surface area (Å²) in [4.78, 5) is 34.1. The average molecular weight is 272 g/mol. The first-order valence-electron chi connectivity index (χ1n) is 6.14. The van der Waals surface area contributed by atoms with Crippen molar-refractivity contribution in [3.8, 4) is 0 Å². The SMILES string of the molecule is CCC/C=C(/CC(C(=O)O)C(=O)OCC)C(=O)OC.